The molecule has 0 aliphatic carbocycles. The fourth-order valence-corrected chi connectivity index (χ4v) is 10.0. The van der Waals surface area contributed by atoms with Gasteiger partial charge in [-0.3, -0.25) is 9.59 Å². The van der Waals surface area contributed by atoms with E-state index in [0.717, 1.165) is 83.5 Å². The fraction of sp³-hybridized carbons (Fsp3) is 0.848. The van der Waals surface area contributed by atoms with Crippen molar-refractivity contribution >= 4 is 11.9 Å². The van der Waals surface area contributed by atoms with Gasteiger partial charge in [-0.2, -0.15) is 0 Å². The Morgan fingerprint density at radius 2 is 0.896 bits per heavy atom. The number of hydrogen-bond acceptors (Lipinski definition) is 10. The molecule has 6 N–H and O–H groups in total. The number of hydrogen-bond donors (Lipinski definition) is 6. The van der Waals surface area contributed by atoms with Gasteiger partial charge in [-0.05, 0) is 77.0 Å². The first-order valence-electron chi connectivity index (χ1n) is 32.4. The van der Waals surface area contributed by atoms with Gasteiger partial charge in [0, 0.05) is 6.42 Å². The minimum absolute atomic E-state index is 0.111. The topological polar surface area (TPSA) is 175 Å². The predicted octanol–water partition coefficient (Wildman–Crippen LogP) is 15.6. The second-order valence-electron chi connectivity index (χ2n) is 22.5. The molecular formula is C66H121NO10. The quantitative estimate of drug-likeness (QED) is 0.0149. The molecule has 8 unspecified atom stereocenters. The van der Waals surface area contributed by atoms with Gasteiger partial charge < -0.3 is 45.1 Å². The number of rotatable bonds is 55. The van der Waals surface area contributed by atoms with Crippen LogP contribution in [-0.4, -0.2) is 99.6 Å². The van der Waals surface area contributed by atoms with Crippen molar-refractivity contribution in [3.8, 4) is 0 Å². The molecule has 11 nitrogen and oxygen atoms in total. The Kier molecular flexibility index (Phi) is 51.1. The minimum Gasteiger partial charge on any atom is -0.454 e. The number of amides is 1. The molecule has 0 saturated carbocycles. The lowest BCUT2D eigenvalue weighted by Gasteiger charge is -2.41. The molecule has 1 rings (SSSR count). The van der Waals surface area contributed by atoms with Crippen LogP contribution in [0.2, 0.25) is 0 Å². The lowest BCUT2D eigenvalue weighted by Crippen LogP contribution is -2.61. The highest BCUT2D eigenvalue weighted by molar-refractivity contribution is 5.80. The molecule has 1 saturated heterocycles. The minimum atomic E-state index is -1.62. The first-order chi connectivity index (χ1) is 37.7. The SMILES string of the molecule is CCCCC/C=C/C=C/CCCCCCCCC(=O)OC1C(OCC(NC(=O)C(O)CCCCCCCCCCCC/C=C/CCCCCCCC)C(O)/C=C/CCCCCCCCCCCCC)OC(CO)C(O)C1O. The van der Waals surface area contributed by atoms with Crippen LogP contribution >= 0.6 is 0 Å². The number of aliphatic hydroxyl groups excluding tert-OH is 5. The zero-order valence-corrected chi connectivity index (χ0v) is 49.8. The van der Waals surface area contributed by atoms with Crippen molar-refractivity contribution < 1.29 is 49.3 Å². The molecule has 11 heteroatoms. The summed E-state index contributed by atoms with van der Waals surface area (Å²) in [7, 11) is 0. The van der Waals surface area contributed by atoms with E-state index < -0.39 is 67.4 Å². The number of carbonyl (C=O) groups excluding carboxylic acids is 2. The van der Waals surface area contributed by atoms with Crippen molar-refractivity contribution in [3.05, 3.63) is 48.6 Å². The van der Waals surface area contributed by atoms with Crippen molar-refractivity contribution in [2.45, 2.75) is 346 Å². The Hall–Kier alpha value is -2.38. The van der Waals surface area contributed by atoms with Crippen LogP contribution in [0.5, 0.6) is 0 Å². The maximum atomic E-state index is 13.4. The molecule has 1 amide bonds. The van der Waals surface area contributed by atoms with Gasteiger partial charge in [0.2, 0.25) is 5.91 Å². The molecule has 0 bridgehead atoms. The van der Waals surface area contributed by atoms with E-state index in [-0.39, 0.29) is 13.0 Å². The summed E-state index contributed by atoms with van der Waals surface area (Å²) >= 11 is 0. The van der Waals surface area contributed by atoms with Gasteiger partial charge in [0.1, 0.15) is 24.4 Å². The Balaban J connectivity index is 2.66. The molecule has 77 heavy (non-hydrogen) atoms. The largest absolute Gasteiger partial charge is 0.454 e. The van der Waals surface area contributed by atoms with E-state index in [0.29, 0.717) is 19.3 Å². The van der Waals surface area contributed by atoms with E-state index in [2.05, 4.69) is 62.5 Å². The first kappa shape index (κ1) is 72.6. The van der Waals surface area contributed by atoms with Crippen LogP contribution in [0.15, 0.2) is 48.6 Å². The van der Waals surface area contributed by atoms with E-state index in [9.17, 15) is 35.1 Å². The van der Waals surface area contributed by atoms with Crippen LogP contribution < -0.4 is 5.32 Å². The van der Waals surface area contributed by atoms with Gasteiger partial charge in [0.05, 0.1) is 25.4 Å². The first-order valence-corrected chi connectivity index (χ1v) is 32.4. The van der Waals surface area contributed by atoms with Crippen molar-refractivity contribution in [3.63, 3.8) is 0 Å². The van der Waals surface area contributed by atoms with Crippen LogP contribution in [0.1, 0.15) is 297 Å². The number of ether oxygens (including phenoxy) is 3. The fourth-order valence-electron chi connectivity index (χ4n) is 10.0. The van der Waals surface area contributed by atoms with E-state index in [4.69, 9.17) is 14.2 Å². The monoisotopic (exact) mass is 1090 g/mol. The van der Waals surface area contributed by atoms with Crippen LogP contribution in [0.25, 0.3) is 0 Å². The molecule has 8 atom stereocenters. The normalized spacial score (nSPS) is 19.3. The van der Waals surface area contributed by atoms with Crippen LogP contribution in [0.3, 0.4) is 0 Å². The average molecular weight is 1090 g/mol. The van der Waals surface area contributed by atoms with Gasteiger partial charge in [0.25, 0.3) is 0 Å². The maximum absolute atomic E-state index is 13.4. The summed E-state index contributed by atoms with van der Waals surface area (Å²) in [6.45, 7) is 5.77. The summed E-state index contributed by atoms with van der Waals surface area (Å²) in [5.41, 5.74) is 0. The molecule has 1 aliphatic heterocycles. The number of nitrogens with one attached hydrogen (secondary N) is 1. The second kappa shape index (κ2) is 54.2. The summed E-state index contributed by atoms with van der Waals surface area (Å²) in [5.74, 6) is -1.20. The summed E-state index contributed by atoms with van der Waals surface area (Å²) < 4.78 is 17.6. The highest BCUT2D eigenvalue weighted by Crippen LogP contribution is 2.26. The zero-order chi connectivity index (χ0) is 56.1. The van der Waals surface area contributed by atoms with Crippen molar-refractivity contribution in [1.82, 2.24) is 5.32 Å². The molecule has 450 valence electrons. The Labute approximate surface area is 472 Å². The van der Waals surface area contributed by atoms with E-state index in [1.54, 1.807) is 6.08 Å². The number of unbranched alkanes of at least 4 members (excludes halogenated alkanes) is 36. The molecular weight excluding hydrogens is 967 g/mol. The average Bonchev–Trinajstić information content (AvgIpc) is 3.43. The van der Waals surface area contributed by atoms with Crippen molar-refractivity contribution in [1.29, 1.82) is 0 Å². The highest BCUT2D eigenvalue weighted by atomic mass is 16.7. The van der Waals surface area contributed by atoms with Gasteiger partial charge in [-0.1, -0.05) is 262 Å². The van der Waals surface area contributed by atoms with Crippen LogP contribution in [0.4, 0.5) is 0 Å². The molecule has 0 aromatic rings. The molecule has 0 radical (unpaired) electrons. The molecule has 1 heterocycles. The molecule has 0 spiro atoms. The standard InChI is InChI=1S/C66H121NO10/c1-4-7-10-13-16-19-22-25-27-28-29-30-31-33-35-38-41-44-47-50-53-59(70)65(74)67-57(58(69)52-49-46-43-40-37-34-24-21-18-15-12-9-6-3)56-75-66-64(63(73)62(72)60(55-68)76-66)77-61(71)54-51-48-45-42-39-36-32-26-23-20-17-14-11-8-5-2/h17,20,23,25-27,49,52,57-60,62-64,66,68-70,72-73H,4-16,18-19,21-22,24,28-48,50-51,53-56H2,1-3H3,(H,67,74)/b20-17+,26-23+,27-25+,52-49+. The Morgan fingerprint density at radius 1 is 0.506 bits per heavy atom. The summed E-state index contributed by atoms with van der Waals surface area (Å²) in [6.07, 6.45) is 55.7. The number of carbonyl (C=O) groups is 2. The van der Waals surface area contributed by atoms with E-state index in [1.165, 1.54) is 167 Å². The van der Waals surface area contributed by atoms with Gasteiger partial charge in [-0.15, -0.1) is 0 Å². The highest BCUT2D eigenvalue weighted by Gasteiger charge is 2.47. The number of aliphatic hydroxyl groups is 5. The van der Waals surface area contributed by atoms with E-state index in [1.807, 2.05) is 6.08 Å². The van der Waals surface area contributed by atoms with E-state index >= 15 is 0 Å². The second-order valence-corrected chi connectivity index (χ2v) is 22.5. The van der Waals surface area contributed by atoms with Crippen LogP contribution in [0, 0.1) is 0 Å². The van der Waals surface area contributed by atoms with Gasteiger partial charge in [-0.25, -0.2) is 0 Å². The Bertz CT molecular complexity index is 1440. The number of esters is 1. The van der Waals surface area contributed by atoms with Crippen LogP contribution in [-0.2, 0) is 23.8 Å². The summed E-state index contributed by atoms with van der Waals surface area (Å²) in [5, 5.41) is 57.1. The zero-order valence-electron chi connectivity index (χ0n) is 49.8. The smallest absolute Gasteiger partial charge is 0.306 e. The Morgan fingerprint density at radius 3 is 1.36 bits per heavy atom. The molecule has 1 fully saturated rings. The lowest BCUT2D eigenvalue weighted by atomic mass is 9.99. The third-order valence-corrected chi connectivity index (χ3v) is 15.2. The lowest BCUT2D eigenvalue weighted by molar-refractivity contribution is -0.305. The maximum Gasteiger partial charge on any atom is 0.306 e. The third kappa shape index (κ3) is 42.2. The summed E-state index contributed by atoms with van der Waals surface area (Å²) in [6, 6.07) is -1.03. The van der Waals surface area contributed by atoms with Gasteiger partial charge in [0.15, 0.2) is 12.4 Å². The van der Waals surface area contributed by atoms with Crippen molar-refractivity contribution in [2.75, 3.05) is 13.2 Å². The summed E-state index contributed by atoms with van der Waals surface area (Å²) in [4.78, 5) is 26.6. The third-order valence-electron chi connectivity index (χ3n) is 15.2. The molecule has 0 aromatic heterocycles. The van der Waals surface area contributed by atoms with Gasteiger partial charge >= 0.3 is 5.97 Å². The van der Waals surface area contributed by atoms with Crippen molar-refractivity contribution in [2.24, 2.45) is 0 Å². The number of allylic oxidation sites excluding steroid dienone is 7. The predicted molar refractivity (Wildman–Crippen MR) is 320 cm³/mol. The molecule has 0 aromatic carbocycles. The molecule has 1 aliphatic rings.